The number of hydrogen-bond donors (Lipinski definition) is 1. The summed E-state index contributed by atoms with van der Waals surface area (Å²) < 4.78 is 2.30. The number of aryl methyl sites for hydroxylation is 2. The molecule has 3 nitrogen and oxygen atoms in total. The molecule has 0 bridgehead atoms. The van der Waals surface area contributed by atoms with E-state index in [1.54, 1.807) is 0 Å². The Morgan fingerprint density at radius 1 is 1.19 bits per heavy atom. The summed E-state index contributed by atoms with van der Waals surface area (Å²) in [7, 11) is 0. The van der Waals surface area contributed by atoms with Gasteiger partial charge in [0.15, 0.2) is 0 Å². The number of nitrogens with one attached hydrogen (secondary N) is 1. The van der Waals surface area contributed by atoms with Gasteiger partial charge in [0, 0.05) is 24.3 Å². The van der Waals surface area contributed by atoms with E-state index in [1.165, 1.54) is 28.8 Å². The van der Waals surface area contributed by atoms with Crippen LogP contribution in [-0.4, -0.2) is 16.1 Å². The van der Waals surface area contributed by atoms with Crippen LogP contribution < -0.4 is 5.32 Å². The highest BCUT2D eigenvalue weighted by Crippen LogP contribution is 2.30. The minimum absolute atomic E-state index is 0.936. The van der Waals surface area contributed by atoms with E-state index >= 15 is 0 Å². The molecule has 21 heavy (non-hydrogen) atoms. The van der Waals surface area contributed by atoms with Gasteiger partial charge in [-0.25, -0.2) is 4.98 Å². The van der Waals surface area contributed by atoms with Crippen LogP contribution in [0.1, 0.15) is 18.9 Å². The van der Waals surface area contributed by atoms with Gasteiger partial charge in [-0.1, -0.05) is 12.1 Å². The van der Waals surface area contributed by atoms with E-state index in [2.05, 4.69) is 59.3 Å². The molecule has 2 aromatic carbocycles. The van der Waals surface area contributed by atoms with Crippen LogP contribution in [0.5, 0.6) is 0 Å². The number of para-hydroxylation sites is 2. The molecule has 1 aliphatic rings. The number of aromatic nitrogens is 2. The topological polar surface area (TPSA) is 29.9 Å². The average molecular weight is 277 g/mol. The highest BCUT2D eigenvalue weighted by molar-refractivity contribution is 5.81. The van der Waals surface area contributed by atoms with E-state index in [4.69, 9.17) is 4.98 Å². The molecule has 106 valence electrons. The Balaban J connectivity index is 1.89. The van der Waals surface area contributed by atoms with Gasteiger partial charge in [0.2, 0.25) is 0 Å². The molecule has 0 saturated heterocycles. The van der Waals surface area contributed by atoms with Gasteiger partial charge < -0.3 is 9.88 Å². The first-order valence-corrected chi connectivity index (χ1v) is 7.69. The number of hydrogen-bond acceptors (Lipinski definition) is 2. The summed E-state index contributed by atoms with van der Waals surface area (Å²) in [4.78, 5) is 4.85. The van der Waals surface area contributed by atoms with E-state index < -0.39 is 0 Å². The first-order chi connectivity index (χ1) is 10.4. The van der Waals surface area contributed by atoms with Crippen molar-refractivity contribution >= 4 is 16.7 Å². The van der Waals surface area contributed by atoms with Gasteiger partial charge in [-0.05, 0) is 55.7 Å². The molecule has 0 fully saturated rings. The van der Waals surface area contributed by atoms with Crippen molar-refractivity contribution in [1.82, 2.24) is 9.55 Å². The van der Waals surface area contributed by atoms with E-state index in [9.17, 15) is 0 Å². The van der Waals surface area contributed by atoms with Gasteiger partial charge in [-0.3, -0.25) is 0 Å². The Kier molecular flexibility index (Phi) is 2.92. The Hall–Kier alpha value is -2.29. The third kappa shape index (κ3) is 2.00. The maximum Gasteiger partial charge on any atom is 0.141 e. The summed E-state index contributed by atoms with van der Waals surface area (Å²) in [6.07, 6.45) is 2.36. The van der Waals surface area contributed by atoms with Crippen LogP contribution in [0.4, 0.5) is 5.69 Å². The van der Waals surface area contributed by atoms with Crippen molar-refractivity contribution in [2.24, 2.45) is 0 Å². The molecular weight excluding hydrogens is 258 g/mol. The average Bonchev–Trinajstić information content (AvgIpc) is 2.93. The Morgan fingerprint density at radius 3 is 3.00 bits per heavy atom. The fourth-order valence-corrected chi connectivity index (χ4v) is 3.23. The minimum atomic E-state index is 0.936. The highest BCUT2D eigenvalue weighted by Gasteiger charge is 2.14. The third-order valence-corrected chi connectivity index (χ3v) is 4.27. The summed E-state index contributed by atoms with van der Waals surface area (Å²) in [5.41, 5.74) is 6.20. The second kappa shape index (κ2) is 4.92. The van der Waals surface area contributed by atoms with Crippen molar-refractivity contribution in [3.05, 3.63) is 48.0 Å². The van der Waals surface area contributed by atoms with Crippen molar-refractivity contribution in [3.8, 4) is 11.4 Å². The van der Waals surface area contributed by atoms with Gasteiger partial charge in [0.25, 0.3) is 0 Å². The molecule has 0 unspecified atom stereocenters. The maximum atomic E-state index is 4.85. The number of imidazole rings is 1. The molecule has 4 rings (SSSR count). The predicted octanol–water partition coefficient (Wildman–Crippen LogP) is 4.08. The summed E-state index contributed by atoms with van der Waals surface area (Å²) in [6, 6.07) is 15.1. The normalized spacial score (nSPS) is 14.0. The number of benzene rings is 2. The van der Waals surface area contributed by atoms with Crippen molar-refractivity contribution in [2.45, 2.75) is 26.3 Å². The fourth-order valence-electron chi connectivity index (χ4n) is 3.23. The lowest BCUT2D eigenvalue weighted by molar-refractivity contribution is 0.795. The van der Waals surface area contributed by atoms with Crippen molar-refractivity contribution < 1.29 is 0 Å². The molecule has 0 spiro atoms. The molecule has 3 aromatic rings. The van der Waals surface area contributed by atoms with E-state index in [-0.39, 0.29) is 0 Å². The van der Waals surface area contributed by atoms with Crippen LogP contribution in [0.15, 0.2) is 42.5 Å². The third-order valence-electron chi connectivity index (χ3n) is 4.27. The Morgan fingerprint density at radius 2 is 2.10 bits per heavy atom. The second-order valence-corrected chi connectivity index (χ2v) is 5.57. The summed E-state index contributed by atoms with van der Waals surface area (Å²) in [5, 5.41) is 3.47. The second-order valence-electron chi connectivity index (χ2n) is 5.57. The van der Waals surface area contributed by atoms with E-state index in [0.717, 1.165) is 30.9 Å². The molecule has 0 atom stereocenters. The first-order valence-electron chi connectivity index (χ1n) is 7.69. The van der Waals surface area contributed by atoms with Gasteiger partial charge >= 0.3 is 0 Å². The fraction of sp³-hybridized carbons (Fsp3) is 0.278. The maximum absolute atomic E-state index is 4.85. The molecule has 1 N–H and O–H groups in total. The van der Waals surface area contributed by atoms with Crippen molar-refractivity contribution in [2.75, 3.05) is 11.9 Å². The molecular formula is C18H19N3. The van der Waals surface area contributed by atoms with E-state index in [1.807, 2.05) is 0 Å². The molecule has 0 amide bonds. The Bertz CT molecular complexity index is 801. The number of rotatable bonds is 2. The van der Waals surface area contributed by atoms with Crippen LogP contribution in [0.3, 0.4) is 0 Å². The molecule has 0 radical (unpaired) electrons. The SMILES string of the molecule is CCn1c(-c2ccc3c(c2)CCCN3)nc2ccccc21. The zero-order chi connectivity index (χ0) is 14.2. The number of anilines is 1. The summed E-state index contributed by atoms with van der Waals surface area (Å²) in [6.45, 7) is 4.20. The molecule has 3 heteroatoms. The lowest BCUT2D eigenvalue weighted by atomic mass is 10.0. The highest BCUT2D eigenvalue weighted by atomic mass is 15.1. The standard InChI is InChI=1S/C18H19N3/c1-2-21-17-8-4-3-7-16(17)20-18(21)14-9-10-15-13(12-14)6-5-11-19-15/h3-4,7-10,12,19H,2,5-6,11H2,1H3. The van der Waals surface area contributed by atoms with Gasteiger partial charge in [-0.15, -0.1) is 0 Å². The zero-order valence-electron chi connectivity index (χ0n) is 12.3. The van der Waals surface area contributed by atoms with Crippen LogP contribution >= 0.6 is 0 Å². The zero-order valence-corrected chi connectivity index (χ0v) is 12.3. The molecule has 0 aliphatic carbocycles. The molecule has 0 saturated carbocycles. The number of fused-ring (bicyclic) bond motifs is 2. The van der Waals surface area contributed by atoms with Crippen LogP contribution in [0.25, 0.3) is 22.4 Å². The monoisotopic (exact) mass is 277 g/mol. The van der Waals surface area contributed by atoms with Crippen LogP contribution in [-0.2, 0) is 13.0 Å². The molecule has 1 aromatic heterocycles. The Labute approximate surface area is 124 Å². The minimum Gasteiger partial charge on any atom is -0.385 e. The van der Waals surface area contributed by atoms with Crippen LogP contribution in [0.2, 0.25) is 0 Å². The predicted molar refractivity (Wildman–Crippen MR) is 87.7 cm³/mol. The van der Waals surface area contributed by atoms with Crippen molar-refractivity contribution in [3.63, 3.8) is 0 Å². The van der Waals surface area contributed by atoms with E-state index in [0.29, 0.717) is 0 Å². The van der Waals surface area contributed by atoms with Gasteiger partial charge in [0.1, 0.15) is 5.82 Å². The lowest BCUT2D eigenvalue weighted by Crippen LogP contribution is -2.11. The lowest BCUT2D eigenvalue weighted by Gasteiger charge is -2.18. The van der Waals surface area contributed by atoms with Gasteiger partial charge in [0.05, 0.1) is 11.0 Å². The first kappa shape index (κ1) is 12.5. The summed E-state index contributed by atoms with van der Waals surface area (Å²) >= 11 is 0. The number of nitrogens with zero attached hydrogens (tertiary/aromatic N) is 2. The molecule has 2 heterocycles. The smallest absolute Gasteiger partial charge is 0.141 e. The van der Waals surface area contributed by atoms with Crippen molar-refractivity contribution in [1.29, 1.82) is 0 Å². The molecule has 1 aliphatic heterocycles. The quantitative estimate of drug-likeness (QED) is 0.765. The summed E-state index contributed by atoms with van der Waals surface area (Å²) in [5.74, 6) is 1.08. The van der Waals surface area contributed by atoms with Gasteiger partial charge in [-0.2, -0.15) is 0 Å². The largest absolute Gasteiger partial charge is 0.385 e. The van der Waals surface area contributed by atoms with Crippen LogP contribution in [0, 0.1) is 0 Å².